The van der Waals surface area contributed by atoms with E-state index in [1.807, 2.05) is 0 Å². The number of alkyl halides is 3. The molecule has 150 valence electrons. The maximum atomic E-state index is 13.8. The van der Waals surface area contributed by atoms with Crippen LogP contribution in [0.1, 0.15) is 36.6 Å². The highest BCUT2D eigenvalue weighted by Gasteiger charge is 2.45. The second-order valence-electron chi connectivity index (χ2n) is 6.67. The Kier molecular flexibility index (Phi) is 5.53. The number of benzene rings is 1. The molecule has 28 heavy (non-hydrogen) atoms. The topological polar surface area (TPSA) is 51.2 Å². The highest BCUT2D eigenvalue weighted by atomic mass is 19.4. The predicted octanol–water partition coefficient (Wildman–Crippen LogP) is 4.28. The number of hydrogen-bond donors (Lipinski definition) is 1. The van der Waals surface area contributed by atoms with E-state index in [-0.39, 0.29) is 23.1 Å². The third-order valence-electron chi connectivity index (χ3n) is 4.45. The molecule has 1 aliphatic rings. The smallest absolute Gasteiger partial charge is 0.422 e. The van der Waals surface area contributed by atoms with Crippen LogP contribution in [0.25, 0.3) is 0 Å². The van der Waals surface area contributed by atoms with Crippen molar-refractivity contribution in [3.8, 4) is 5.75 Å². The van der Waals surface area contributed by atoms with Gasteiger partial charge in [0.05, 0.1) is 17.9 Å². The summed E-state index contributed by atoms with van der Waals surface area (Å²) in [6.07, 6.45) is -2.88. The zero-order valence-corrected chi connectivity index (χ0v) is 14.8. The molecule has 0 saturated heterocycles. The van der Waals surface area contributed by atoms with Crippen molar-refractivity contribution in [2.75, 3.05) is 6.61 Å². The largest absolute Gasteiger partial charge is 0.483 e. The molecule has 0 radical (unpaired) electrons. The molecule has 0 aliphatic heterocycles. The van der Waals surface area contributed by atoms with E-state index in [0.29, 0.717) is 12.1 Å². The summed E-state index contributed by atoms with van der Waals surface area (Å²) in [5.41, 5.74) is 0.610. The molecular formula is C19H17F5N2O2. The van der Waals surface area contributed by atoms with E-state index in [1.54, 1.807) is 6.92 Å². The number of hydrogen-bond acceptors (Lipinski definition) is 3. The van der Waals surface area contributed by atoms with Crippen LogP contribution in [-0.4, -0.2) is 23.7 Å². The Bertz CT molecular complexity index is 854. The van der Waals surface area contributed by atoms with Crippen LogP contribution in [0.4, 0.5) is 22.0 Å². The summed E-state index contributed by atoms with van der Waals surface area (Å²) in [5, 5.41) is 2.73. The van der Waals surface area contributed by atoms with Gasteiger partial charge in [-0.05, 0) is 55.2 Å². The fourth-order valence-corrected chi connectivity index (χ4v) is 2.92. The molecule has 4 nitrogen and oxygen atoms in total. The molecule has 1 N–H and O–H groups in total. The van der Waals surface area contributed by atoms with E-state index in [0.717, 1.165) is 24.4 Å². The summed E-state index contributed by atoms with van der Waals surface area (Å²) in [6, 6.07) is 5.42. The molecule has 3 atom stereocenters. The second kappa shape index (κ2) is 7.73. The lowest BCUT2D eigenvalue weighted by Crippen LogP contribution is -2.29. The van der Waals surface area contributed by atoms with Crippen LogP contribution < -0.4 is 10.1 Å². The van der Waals surface area contributed by atoms with Crippen LogP contribution in [0, 0.1) is 17.6 Å². The van der Waals surface area contributed by atoms with Gasteiger partial charge >= 0.3 is 6.18 Å². The number of nitrogens with one attached hydrogen (secondary N) is 1. The van der Waals surface area contributed by atoms with Crippen molar-refractivity contribution in [2.45, 2.75) is 31.5 Å². The monoisotopic (exact) mass is 400 g/mol. The summed E-state index contributed by atoms with van der Waals surface area (Å²) in [4.78, 5) is 16.3. The van der Waals surface area contributed by atoms with Crippen LogP contribution in [0.15, 0.2) is 36.5 Å². The quantitative estimate of drug-likeness (QED) is 0.737. The van der Waals surface area contributed by atoms with Crippen molar-refractivity contribution < 1.29 is 31.5 Å². The number of ether oxygens (including phenoxy) is 1. The van der Waals surface area contributed by atoms with Gasteiger partial charge in [-0.2, -0.15) is 13.2 Å². The first-order chi connectivity index (χ1) is 13.1. The van der Waals surface area contributed by atoms with Crippen molar-refractivity contribution in [2.24, 2.45) is 5.92 Å². The highest BCUT2D eigenvalue weighted by molar-refractivity contribution is 5.83. The van der Waals surface area contributed by atoms with Crippen molar-refractivity contribution in [1.82, 2.24) is 10.3 Å². The first-order valence-electron chi connectivity index (χ1n) is 8.55. The Morgan fingerprint density at radius 2 is 2.04 bits per heavy atom. The summed E-state index contributed by atoms with van der Waals surface area (Å²) < 4.78 is 68.1. The second-order valence-corrected chi connectivity index (χ2v) is 6.67. The van der Waals surface area contributed by atoms with Gasteiger partial charge in [0.1, 0.15) is 17.4 Å². The Morgan fingerprint density at radius 3 is 2.68 bits per heavy atom. The maximum absolute atomic E-state index is 13.8. The fraction of sp³-hybridized carbons (Fsp3) is 0.368. The molecule has 1 aliphatic carbocycles. The summed E-state index contributed by atoms with van der Waals surface area (Å²) in [6.45, 7) is 0.247. The third kappa shape index (κ3) is 4.96. The number of nitrogens with zero attached hydrogens (tertiary/aromatic N) is 1. The highest BCUT2D eigenvalue weighted by Crippen LogP contribution is 2.48. The summed E-state index contributed by atoms with van der Waals surface area (Å²) in [7, 11) is 0. The van der Waals surface area contributed by atoms with Gasteiger partial charge in [0, 0.05) is 5.92 Å². The van der Waals surface area contributed by atoms with Crippen molar-refractivity contribution in [3.05, 3.63) is 59.4 Å². The summed E-state index contributed by atoms with van der Waals surface area (Å²) >= 11 is 0. The molecule has 0 spiro atoms. The van der Waals surface area contributed by atoms with Crippen LogP contribution >= 0.6 is 0 Å². The van der Waals surface area contributed by atoms with Crippen molar-refractivity contribution in [3.63, 3.8) is 0 Å². The van der Waals surface area contributed by atoms with Gasteiger partial charge in [0.25, 0.3) is 0 Å². The molecule has 3 rings (SSSR count). The lowest BCUT2D eigenvalue weighted by molar-refractivity contribution is -0.153. The molecule has 1 aromatic heterocycles. The van der Waals surface area contributed by atoms with E-state index in [4.69, 9.17) is 0 Å². The number of aromatic nitrogens is 1. The molecule has 2 aromatic rings. The van der Waals surface area contributed by atoms with Crippen LogP contribution in [0.2, 0.25) is 0 Å². The van der Waals surface area contributed by atoms with Gasteiger partial charge in [-0.25, -0.2) is 8.78 Å². The van der Waals surface area contributed by atoms with Crippen molar-refractivity contribution >= 4 is 5.91 Å². The fourth-order valence-electron chi connectivity index (χ4n) is 2.92. The standard InChI is InChI=1S/C19H17F5N2O2/c1-10(17-5-3-12(8-25-17)28-9-19(22,23)24)26-18(27)15-7-13(15)14-6-11(20)2-4-16(14)21/h2-6,8,10,13,15H,7,9H2,1H3,(H,26,27)/t10-,13?,15?/m1/s1. The Morgan fingerprint density at radius 1 is 1.29 bits per heavy atom. The van der Waals surface area contributed by atoms with Crippen molar-refractivity contribution in [1.29, 1.82) is 0 Å². The summed E-state index contributed by atoms with van der Waals surface area (Å²) in [5.74, 6) is -2.32. The lowest BCUT2D eigenvalue weighted by Gasteiger charge is -2.14. The molecule has 1 fully saturated rings. The molecular weight excluding hydrogens is 383 g/mol. The Labute approximate surface area is 157 Å². The minimum atomic E-state index is -4.44. The maximum Gasteiger partial charge on any atom is 0.422 e. The molecule has 2 unspecified atom stereocenters. The van der Waals surface area contributed by atoms with E-state index in [2.05, 4.69) is 15.0 Å². The van der Waals surface area contributed by atoms with E-state index in [9.17, 15) is 26.7 Å². The van der Waals surface area contributed by atoms with Crippen LogP contribution in [0.5, 0.6) is 5.75 Å². The van der Waals surface area contributed by atoms with Gasteiger partial charge < -0.3 is 10.1 Å². The molecule has 9 heteroatoms. The molecule has 1 amide bonds. The molecule has 1 saturated carbocycles. The number of halogens is 5. The minimum absolute atomic E-state index is 0.0385. The first-order valence-corrected chi connectivity index (χ1v) is 8.55. The number of rotatable bonds is 6. The molecule has 0 bridgehead atoms. The number of pyridine rings is 1. The van der Waals surface area contributed by atoms with Gasteiger partial charge in [-0.3, -0.25) is 9.78 Å². The lowest BCUT2D eigenvalue weighted by atomic mass is 10.1. The Balaban J connectivity index is 1.55. The van der Waals surface area contributed by atoms with Gasteiger partial charge in [-0.15, -0.1) is 0 Å². The van der Waals surface area contributed by atoms with Gasteiger partial charge in [0.2, 0.25) is 5.91 Å². The zero-order chi connectivity index (χ0) is 20.5. The average Bonchev–Trinajstić information content (AvgIpc) is 3.42. The zero-order valence-electron chi connectivity index (χ0n) is 14.8. The SMILES string of the molecule is C[C@@H](NC(=O)C1CC1c1cc(F)ccc1F)c1ccc(OCC(F)(F)F)cn1. The number of carbonyl (C=O) groups excluding carboxylic acids is 1. The van der Waals surface area contributed by atoms with Gasteiger partial charge in [-0.1, -0.05) is 0 Å². The number of carbonyl (C=O) groups is 1. The number of amides is 1. The van der Waals surface area contributed by atoms with E-state index in [1.165, 1.54) is 12.1 Å². The normalized spacial score (nSPS) is 19.8. The molecule has 1 heterocycles. The first kappa shape index (κ1) is 20.0. The van der Waals surface area contributed by atoms with E-state index < -0.39 is 36.4 Å². The van der Waals surface area contributed by atoms with E-state index >= 15 is 0 Å². The van der Waals surface area contributed by atoms with Crippen LogP contribution in [0.3, 0.4) is 0 Å². The predicted molar refractivity (Wildman–Crippen MR) is 89.6 cm³/mol. The van der Waals surface area contributed by atoms with Gasteiger partial charge in [0.15, 0.2) is 6.61 Å². The third-order valence-corrected chi connectivity index (χ3v) is 4.45. The average molecular weight is 400 g/mol. The molecule has 1 aromatic carbocycles. The Hall–Kier alpha value is -2.71. The van der Waals surface area contributed by atoms with Crippen LogP contribution in [-0.2, 0) is 4.79 Å². The minimum Gasteiger partial charge on any atom is -0.483 e.